The van der Waals surface area contributed by atoms with Crippen molar-refractivity contribution in [3.8, 4) is 0 Å². The lowest BCUT2D eigenvalue weighted by Crippen LogP contribution is -2.39. The first-order chi connectivity index (χ1) is 9.10. The van der Waals surface area contributed by atoms with Crippen LogP contribution < -0.4 is 5.32 Å². The first-order valence-corrected chi connectivity index (χ1v) is 6.86. The van der Waals surface area contributed by atoms with E-state index in [9.17, 15) is 9.18 Å². The number of amides is 1. The molecule has 1 N–H and O–H groups in total. The monoisotopic (exact) mass is 284 g/mol. The predicted molar refractivity (Wildman–Crippen MR) is 73.5 cm³/mol. The van der Waals surface area contributed by atoms with Gasteiger partial charge in [0.2, 0.25) is 5.91 Å². The maximum atomic E-state index is 13.7. The van der Waals surface area contributed by atoms with Crippen LogP contribution in [0.2, 0.25) is 5.02 Å². The summed E-state index contributed by atoms with van der Waals surface area (Å²) in [4.78, 5) is 13.7. The van der Waals surface area contributed by atoms with Gasteiger partial charge in [0.25, 0.3) is 0 Å². The molecule has 104 valence electrons. The molecule has 1 aromatic rings. The quantitative estimate of drug-likeness (QED) is 0.925. The zero-order valence-electron chi connectivity index (χ0n) is 11.0. The largest absolute Gasteiger partial charge is 0.359 e. The average molecular weight is 285 g/mol. The minimum Gasteiger partial charge on any atom is -0.359 e. The highest BCUT2D eigenvalue weighted by Gasteiger charge is 2.24. The summed E-state index contributed by atoms with van der Waals surface area (Å²) in [6.45, 7) is 2.21. The summed E-state index contributed by atoms with van der Waals surface area (Å²) in [5, 5.41) is 3.10. The van der Waals surface area contributed by atoms with Gasteiger partial charge in [-0.2, -0.15) is 0 Å². The van der Waals surface area contributed by atoms with Gasteiger partial charge >= 0.3 is 0 Å². The number of rotatable bonds is 3. The molecule has 0 radical (unpaired) electrons. The van der Waals surface area contributed by atoms with Crippen molar-refractivity contribution in [1.29, 1.82) is 0 Å². The highest BCUT2D eigenvalue weighted by atomic mass is 35.5. The predicted octanol–water partition coefficient (Wildman–Crippen LogP) is 2.44. The fraction of sp³-hybridized carbons (Fsp3) is 0.500. The zero-order chi connectivity index (χ0) is 13.8. The van der Waals surface area contributed by atoms with Crippen molar-refractivity contribution in [1.82, 2.24) is 10.2 Å². The molecule has 1 heterocycles. The van der Waals surface area contributed by atoms with E-state index in [1.54, 1.807) is 19.2 Å². The van der Waals surface area contributed by atoms with Crippen molar-refractivity contribution in [2.24, 2.45) is 5.92 Å². The minimum atomic E-state index is -0.263. The Morgan fingerprint density at radius 2 is 2.16 bits per heavy atom. The Balaban J connectivity index is 1.90. The molecule has 1 saturated heterocycles. The number of halogens is 2. The van der Waals surface area contributed by atoms with Gasteiger partial charge in [-0.3, -0.25) is 9.69 Å². The standard InChI is InChI=1S/C14H18ClFN2O/c1-17-14(19)10-4-6-18(7-5-10)9-11-2-3-12(15)8-13(11)16/h2-3,8,10H,4-7,9H2,1H3,(H,17,19). The average Bonchev–Trinajstić information content (AvgIpc) is 2.42. The number of carbonyl (C=O) groups is 1. The summed E-state index contributed by atoms with van der Waals surface area (Å²) < 4.78 is 13.7. The molecular formula is C14H18ClFN2O. The number of hydrogen-bond acceptors (Lipinski definition) is 2. The van der Waals surface area contributed by atoms with Gasteiger partial charge in [0.1, 0.15) is 5.82 Å². The molecule has 1 aromatic carbocycles. The zero-order valence-corrected chi connectivity index (χ0v) is 11.7. The van der Waals surface area contributed by atoms with Crippen LogP contribution in [0.4, 0.5) is 4.39 Å². The van der Waals surface area contributed by atoms with Crippen molar-refractivity contribution >= 4 is 17.5 Å². The highest BCUT2D eigenvalue weighted by molar-refractivity contribution is 6.30. The number of piperidine rings is 1. The molecular weight excluding hydrogens is 267 g/mol. The van der Waals surface area contributed by atoms with E-state index < -0.39 is 0 Å². The van der Waals surface area contributed by atoms with E-state index in [0.29, 0.717) is 17.1 Å². The molecule has 0 aliphatic carbocycles. The van der Waals surface area contributed by atoms with Crippen LogP contribution in [0.1, 0.15) is 18.4 Å². The SMILES string of the molecule is CNC(=O)C1CCN(Cc2ccc(Cl)cc2F)CC1. The number of carbonyl (C=O) groups excluding carboxylic acids is 1. The van der Waals surface area contributed by atoms with Crippen molar-refractivity contribution < 1.29 is 9.18 Å². The summed E-state index contributed by atoms with van der Waals surface area (Å²) in [6, 6.07) is 4.77. The number of likely N-dealkylation sites (tertiary alicyclic amines) is 1. The minimum absolute atomic E-state index is 0.0938. The van der Waals surface area contributed by atoms with Crippen LogP contribution in [0.5, 0.6) is 0 Å². The van der Waals surface area contributed by atoms with Crippen molar-refractivity contribution in [3.63, 3.8) is 0 Å². The van der Waals surface area contributed by atoms with E-state index in [0.717, 1.165) is 25.9 Å². The molecule has 1 aliphatic heterocycles. The summed E-state index contributed by atoms with van der Waals surface area (Å²) in [5.74, 6) is -0.0606. The lowest BCUT2D eigenvalue weighted by molar-refractivity contribution is -0.125. The van der Waals surface area contributed by atoms with Gasteiger partial charge in [0.15, 0.2) is 0 Å². The van der Waals surface area contributed by atoms with Gasteiger partial charge in [-0.25, -0.2) is 4.39 Å². The third kappa shape index (κ3) is 3.67. The van der Waals surface area contributed by atoms with Gasteiger partial charge in [0, 0.05) is 30.1 Å². The van der Waals surface area contributed by atoms with Crippen LogP contribution in [0.3, 0.4) is 0 Å². The molecule has 0 spiro atoms. The Hall–Kier alpha value is -1.13. The van der Waals surface area contributed by atoms with E-state index in [-0.39, 0.29) is 17.6 Å². The number of hydrogen-bond donors (Lipinski definition) is 1. The Bertz CT molecular complexity index is 459. The molecule has 1 aliphatic rings. The summed E-state index contributed by atoms with van der Waals surface area (Å²) in [7, 11) is 1.66. The van der Waals surface area contributed by atoms with Crippen LogP contribution in [-0.4, -0.2) is 30.9 Å². The maximum absolute atomic E-state index is 13.7. The molecule has 0 aromatic heterocycles. The van der Waals surface area contributed by atoms with Crippen LogP contribution in [-0.2, 0) is 11.3 Å². The normalized spacial score (nSPS) is 17.4. The Kier molecular flexibility index (Phi) is 4.77. The molecule has 0 unspecified atom stereocenters. The van der Waals surface area contributed by atoms with E-state index in [4.69, 9.17) is 11.6 Å². The first kappa shape index (κ1) is 14.3. The molecule has 5 heteroatoms. The first-order valence-electron chi connectivity index (χ1n) is 6.48. The molecule has 0 saturated carbocycles. The highest BCUT2D eigenvalue weighted by Crippen LogP contribution is 2.21. The number of benzene rings is 1. The Morgan fingerprint density at radius 3 is 2.74 bits per heavy atom. The van der Waals surface area contributed by atoms with Gasteiger partial charge in [-0.05, 0) is 38.1 Å². The number of nitrogens with zero attached hydrogens (tertiary/aromatic N) is 1. The third-order valence-electron chi connectivity index (χ3n) is 3.61. The molecule has 1 fully saturated rings. The van der Waals surface area contributed by atoms with Gasteiger partial charge in [0.05, 0.1) is 0 Å². The maximum Gasteiger partial charge on any atom is 0.222 e. The summed E-state index contributed by atoms with van der Waals surface area (Å²) in [6.07, 6.45) is 1.66. The molecule has 0 bridgehead atoms. The lowest BCUT2D eigenvalue weighted by Gasteiger charge is -2.31. The number of nitrogens with one attached hydrogen (secondary N) is 1. The molecule has 1 amide bonds. The molecule has 19 heavy (non-hydrogen) atoms. The molecule has 0 atom stereocenters. The van der Waals surface area contributed by atoms with Crippen molar-refractivity contribution in [2.75, 3.05) is 20.1 Å². The van der Waals surface area contributed by atoms with Crippen LogP contribution in [0, 0.1) is 11.7 Å². The summed E-state index contributed by atoms with van der Waals surface area (Å²) in [5.41, 5.74) is 0.655. The van der Waals surface area contributed by atoms with Gasteiger partial charge < -0.3 is 5.32 Å². The van der Waals surface area contributed by atoms with Crippen LogP contribution in [0.15, 0.2) is 18.2 Å². The van der Waals surface area contributed by atoms with E-state index >= 15 is 0 Å². The van der Waals surface area contributed by atoms with Crippen LogP contribution in [0.25, 0.3) is 0 Å². The second-order valence-corrected chi connectivity index (χ2v) is 5.34. The fourth-order valence-corrected chi connectivity index (χ4v) is 2.61. The fourth-order valence-electron chi connectivity index (χ4n) is 2.45. The Morgan fingerprint density at radius 1 is 1.47 bits per heavy atom. The van der Waals surface area contributed by atoms with Gasteiger partial charge in [-0.15, -0.1) is 0 Å². The summed E-state index contributed by atoms with van der Waals surface area (Å²) >= 11 is 5.73. The smallest absolute Gasteiger partial charge is 0.222 e. The Labute approximate surface area is 117 Å². The second-order valence-electron chi connectivity index (χ2n) is 4.90. The molecule has 3 nitrogen and oxygen atoms in total. The van der Waals surface area contributed by atoms with Crippen molar-refractivity contribution in [3.05, 3.63) is 34.6 Å². The topological polar surface area (TPSA) is 32.3 Å². The third-order valence-corrected chi connectivity index (χ3v) is 3.85. The lowest BCUT2D eigenvalue weighted by atomic mass is 9.95. The van der Waals surface area contributed by atoms with Gasteiger partial charge in [-0.1, -0.05) is 17.7 Å². The van der Waals surface area contributed by atoms with E-state index in [1.807, 2.05) is 0 Å². The van der Waals surface area contributed by atoms with E-state index in [1.165, 1.54) is 6.07 Å². The van der Waals surface area contributed by atoms with Crippen LogP contribution >= 0.6 is 11.6 Å². The van der Waals surface area contributed by atoms with E-state index in [2.05, 4.69) is 10.2 Å². The second kappa shape index (κ2) is 6.35. The van der Waals surface area contributed by atoms with Crippen molar-refractivity contribution in [2.45, 2.75) is 19.4 Å². The molecule has 2 rings (SSSR count).